The number of halogens is 1. The molecule has 2 heterocycles. The van der Waals surface area contributed by atoms with Crippen LogP contribution < -0.4 is 5.73 Å². The summed E-state index contributed by atoms with van der Waals surface area (Å²) in [6.45, 7) is 1.93. The fourth-order valence-corrected chi connectivity index (χ4v) is 1.90. The number of nitrogen functional groups attached to an aromatic ring is 1. The molecule has 0 amide bonds. The molecule has 2 aromatic heterocycles. The van der Waals surface area contributed by atoms with Crippen molar-refractivity contribution in [1.29, 1.82) is 0 Å². The van der Waals surface area contributed by atoms with E-state index in [0.29, 0.717) is 11.5 Å². The van der Waals surface area contributed by atoms with Gasteiger partial charge < -0.3 is 5.73 Å². The summed E-state index contributed by atoms with van der Waals surface area (Å²) in [6.07, 6.45) is 1.71. The summed E-state index contributed by atoms with van der Waals surface area (Å²) >= 11 is 0. The first-order chi connectivity index (χ1) is 8.63. The number of nitrogens with zero attached hydrogens (tertiary/aromatic N) is 3. The minimum Gasteiger partial charge on any atom is -0.397 e. The Kier molecular flexibility index (Phi) is 2.26. The van der Waals surface area contributed by atoms with Crippen LogP contribution >= 0.6 is 0 Å². The van der Waals surface area contributed by atoms with Crippen molar-refractivity contribution in [3.8, 4) is 11.4 Å². The van der Waals surface area contributed by atoms with E-state index in [9.17, 15) is 4.39 Å². The summed E-state index contributed by atoms with van der Waals surface area (Å²) in [6, 6.07) is 7.94. The number of aryl methyl sites for hydroxylation is 1. The number of nitrogens with two attached hydrogens (primary N) is 1. The number of fused-ring (bicyclic) bond motifs is 1. The summed E-state index contributed by atoms with van der Waals surface area (Å²) in [5.74, 6) is 0.284. The molecule has 1 aromatic carbocycles. The number of hydrogen-bond acceptors (Lipinski definition) is 3. The topological polar surface area (TPSA) is 56.2 Å². The molecular formula is C13H11FN4. The van der Waals surface area contributed by atoms with E-state index in [0.717, 1.165) is 16.8 Å². The highest BCUT2D eigenvalue weighted by Crippen LogP contribution is 2.19. The maximum atomic E-state index is 12.9. The van der Waals surface area contributed by atoms with Crippen molar-refractivity contribution in [2.45, 2.75) is 6.92 Å². The molecule has 4 nitrogen and oxygen atoms in total. The number of pyridine rings is 1. The molecule has 0 aliphatic heterocycles. The lowest BCUT2D eigenvalue weighted by Crippen LogP contribution is -1.94. The quantitative estimate of drug-likeness (QED) is 0.713. The first-order valence-corrected chi connectivity index (χ1v) is 5.52. The van der Waals surface area contributed by atoms with Crippen LogP contribution in [-0.4, -0.2) is 14.6 Å². The third kappa shape index (κ3) is 1.69. The van der Waals surface area contributed by atoms with Gasteiger partial charge in [-0.1, -0.05) is 0 Å². The predicted octanol–water partition coefficient (Wildman–Crippen LogP) is 2.43. The molecule has 18 heavy (non-hydrogen) atoms. The van der Waals surface area contributed by atoms with E-state index in [2.05, 4.69) is 10.1 Å². The van der Waals surface area contributed by atoms with E-state index in [-0.39, 0.29) is 5.82 Å². The van der Waals surface area contributed by atoms with Crippen LogP contribution in [0.3, 0.4) is 0 Å². The van der Waals surface area contributed by atoms with Crippen LogP contribution in [0.25, 0.3) is 17.0 Å². The smallest absolute Gasteiger partial charge is 0.182 e. The van der Waals surface area contributed by atoms with Crippen molar-refractivity contribution < 1.29 is 4.39 Å². The monoisotopic (exact) mass is 242 g/mol. The van der Waals surface area contributed by atoms with Gasteiger partial charge in [0.2, 0.25) is 0 Å². The lowest BCUT2D eigenvalue weighted by molar-refractivity contribution is 0.628. The molecule has 0 saturated heterocycles. The van der Waals surface area contributed by atoms with Crippen LogP contribution in [0.1, 0.15) is 5.56 Å². The van der Waals surface area contributed by atoms with Gasteiger partial charge in [-0.3, -0.25) is 0 Å². The summed E-state index contributed by atoms with van der Waals surface area (Å²) in [7, 11) is 0. The van der Waals surface area contributed by atoms with Gasteiger partial charge in [-0.15, -0.1) is 5.10 Å². The van der Waals surface area contributed by atoms with Gasteiger partial charge in [0.15, 0.2) is 11.5 Å². The number of hydrogen-bond donors (Lipinski definition) is 1. The van der Waals surface area contributed by atoms with Crippen molar-refractivity contribution in [2.24, 2.45) is 0 Å². The second-order valence-corrected chi connectivity index (χ2v) is 4.17. The van der Waals surface area contributed by atoms with Crippen LogP contribution in [0, 0.1) is 12.7 Å². The molecule has 5 heteroatoms. The number of rotatable bonds is 1. The summed E-state index contributed by atoms with van der Waals surface area (Å²) in [4.78, 5) is 4.43. The largest absolute Gasteiger partial charge is 0.397 e. The Morgan fingerprint density at radius 3 is 2.67 bits per heavy atom. The van der Waals surface area contributed by atoms with Crippen LogP contribution in [0.4, 0.5) is 10.1 Å². The van der Waals surface area contributed by atoms with E-state index in [4.69, 9.17) is 5.73 Å². The van der Waals surface area contributed by atoms with Crippen LogP contribution in [-0.2, 0) is 0 Å². The standard InChI is InChI=1S/C13H11FN4/c1-8-6-11(15)7-18-13(8)16-12(17-18)9-2-4-10(14)5-3-9/h2-7H,15H2,1H3. The van der Waals surface area contributed by atoms with Gasteiger partial charge in [0, 0.05) is 5.56 Å². The Labute approximate surface area is 103 Å². The molecular weight excluding hydrogens is 231 g/mol. The van der Waals surface area contributed by atoms with Crippen molar-refractivity contribution in [1.82, 2.24) is 14.6 Å². The Bertz CT molecular complexity index is 716. The number of anilines is 1. The lowest BCUT2D eigenvalue weighted by Gasteiger charge is -1.97. The summed E-state index contributed by atoms with van der Waals surface area (Å²) in [5, 5.41) is 4.34. The third-order valence-corrected chi connectivity index (χ3v) is 2.74. The minimum absolute atomic E-state index is 0.275. The first-order valence-electron chi connectivity index (χ1n) is 5.52. The molecule has 2 N–H and O–H groups in total. The van der Waals surface area contributed by atoms with Gasteiger partial charge in [0.05, 0.1) is 11.9 Å². The average molecular weight is 242 g/mol. The van der Waals surface area contributed by atoms with E-state index < -0.39 is 0 Å². The Hall–Kier alpha value is -2.43. The fraction of sp³-hybridized carbons (Fsp3) is 0.0769. The zero-order valence-electron chi connectivity index (χ0n) is 9.76. The highest BCUT2D eigenvalue weighted by atomic mass is 19.1. The molecule has 0 spiro atoms. The molecule has 90 valence electrons. The second-order valence-electron chi connectivity index (χ2n) is 4.17. The van der Waals surface area contributed by atoms with Crippen molar-refractivity contribution in [3.63, 3.8) is 0 Å². The van der Waals surface area contributed by atoms with Crippen molar-refractivity contribution in [3.05, 3.63) is 47.9 Å². The zero-order valence-corrected chi connectivity index (χ0v) is 9.76. The van der Waals surface area contributed by atoms with Gasteiger partial charge in [-0.25, -0.2) is 13.9 Å². The molecule has 0 bridgehead atoms. The van der Waals surface area contributed by atoms with Crippen LogP contribution in [0.5, 0.6) is 0 Å². The average Bonchev–Trinajstić information content (AvgIpc) is 2.74. The highest BCUT2D eigenvalue weighted by Gasteiger charge is 2.08. The van der Waals surface area contributed by atoms with E-state index >= 15 is 0 Å². The SMILES string of the molecule is Cc1cc(N)cn2nc(-c3ccc(F)cc3)nc12. The predicted molar refractivity (Wildman–Crippen MR) is 67.5 cm³/mol. The van der Waals surface area contributed by atoms with Gasteiger partial charge >= 0.3 is 0 Å². The zero-order chi connectivity index (χ0) is 12.7. The molecule has 0 saturated carbocycles. The van der Waals surface area contributed by atoms with Crippen LogP contribution in [0.15, 0.2) is 36.5 Å². The summed E-state index contributed by atoms with van der Waals surface area (Å²) in [5.41, 5.74) is 8.87. The fourth-order valence-electron chi connectivity index (χ4n) is 1.90. The van der Waals surface area contributed by atoms with Gasteiger partial charge in [-0.05, 0) is 42.8 Å². The first kappa shape index (κ1) is 10.7. The molecule has 3 rings (SSSR count). The Morgan fingerprint density at radius 2 is 1.94 bits per heavy atom. The lowest BCUT2D eigenvalue weighted by atomic mass is 10.2. The molecule has 0 fully saturated rings. The Morgan fingerprint density at radius 1 is 1.22 bits per heavy atom. The normalized spacial score (nSPS) is 11.0. The van der Waals surface area contributed by atoms with Crippen molar-refractivity contribution >= 4 is 11.3 Å². The highest BCUT2D eigenvalue weighted by molar-refractivity contribution is 5.61. The van der Waals surface area contributed by atoms with Gasteiger partial charge in [0.1, 0.15) is 5.82 Å². The minimum atomic E-state index is -0.275. The molecule has 3 aromatic rings. The van der Waals surface area contributed by atoms with Crippen molar-refractivity contribution in [2.75, 3.05) is 5.73 Å². The number of benzene rings is 1. The van der Waals surface area contributed by atoms with Gasteiger partial charge in [0.25, 0.3) is 0 Å². The molecule has 0 unspecified atom stereocenters. The molecule has 0 radical (unpaired) electrons. The second kappa shape index (κ2) is 3.80. The van der Waals surface area contributed by atoms with E-state index in [1.54, 1.807) is 22.8 Å². The van der Waals surface area contributed by atoms with E-state index in [1.807, 2.05) is 13.0 Å². The number of aromatic nitrogens is 3. The van der Waals surface area contributed by atoms with E-state index in [1.165, 1.54) is 12.1 Å². The summed E-state index contributed by atoms with van der Waals surface area (Å²) < 4.78 is 14.5. The third-order valence-electron chi connectivity index (χ3n) is 2.74. The molecule has 0 aliphatic carbocycles. The molecule has 0 atom stereocenters. The molecule has 0 aliphatic rings. The van der Waals surface area contributed by atoms with Crippen LogP contribution in [0.2, 0.25) is 0 Å². The van der Waals surface area contributed by atoms with Gasteiger partial charge in [-0.2, -0.15) is 0 Å². The maximum absolute atomic E-state index is 12.9. The maximum Gasteiger partial charge on any atom is 0.182 e. The Balaban J connectivity index is 2.19.